The van der Waals surface area contributed by atoms with Gasteiger partial charge in [0.05, 0.1) is 6.54 Å². The van der Waals surface area contributed by atoms with E-state index in [9.17, 15) is 0 Å². The molecule has 1 heterocycles. The van der Waals surface area contributed by atoms with Gasteiger partial charge in [-0.15, -0.1) is 0 Å². The molecule has 0 spiro atoms. The van der Waals surface area contributed by atoms with Gasteiger partial charge in [-0.25, -0.2) is 0 Å². The van der Waals surface area contributed by atoms with Crippen LogP contribution >= 0.6 is 0 Å². The van der Waals surface area contributed by atoms with Crippen LogP contribution in [0.25, 0.3) is 0 Å². The highest BCUT2D eigenvalue weighted by molar-refractivity contribution is 5.21. The highest BCUT2D eigenvalue weighted by atomic mass is 16.3. The van der Waals surface area contributed by atoms with E-state index in [2.05, 4.69) is 37.1 Å². The summed E-state index contributed by atoms with van der Waals surface area (Å²) in [4.78, 5) is 2.55. The summed E-state index contributed by atoms with van der Waals surface area (Å²) in [5, 5.41) is 3.58. The Morgan fingerprint density at radius 2 is 1.86 bits per heavy atom. The molecule has 21 heavy (non-hydrogen) atoms. The molecule has 0 amide bonds. The van der Waals surface area contributed by atoms with E-state index >= 15 is 0 Å². The van der Waals surface area contributed by atoms with Crippen LogP contribution in [-0.2, 0) is 13.1 Å². The summed E-state index contributed by atoms with van der Waals surface area (Å²) in [6.07, 6.45) is 7.75. The largest absolute Gasteiger partial charge is 0.465 e. The highest BCUT2D eigenvalue weighted by Gasteiger charge is 2.21. The van der Waals surface area contributed by atoms with Crippen LogP contribution in [0.3, 0.4) is 0 Å². The smallest absolute Gasteiger partial charge is 0.118 e. The Kier molecular flexibility index (Phi) is 6.78. The Morgan fingerprint density at radius 3 is 2.43 bits per heavy atom. The molecule has 0 unspecified atom stereocenters. The summed E-state index contributed by atoms with van der Waals surface area (Å²) in [5.41, 5.74) is 1.34. The molecule has 1 aromatic heterocycles. The zero-order chi connectivity index (χ0) is 15.1. The minimum atomic E-state index is 0.758. The number of rotatable bonds is 11. The van der Waals surface area contributed by atoms with Gasteiger partial charge in [0.2, 0.25) is 0 Å². The summed E-state index contributed by atoms with van der Waals surface area (Å²) in [6, 6.07) is 3.02. The highest BCUT2D eigenvalue weighted by Crippen LogP contribution is 2.21. The maximum absolute atomic E-state index is 5.98. The third kappa shape index (κ3) is 5.84. The molecule has 0 radical (unpaired) electrons. The van der Waals surface area contributed by atoms with E-state index in [1.54, 1.807) is 0 Å². The molecule has 0 aromatic carbocycles. The number of aryl methyl sites for hydroxylation is 1. The molecular formula is C18H32N2O. The Bertz CT molecular complexity index is 401. The number of nitrogens with one attached hydrogen (secondary N) is 1. The van der Waals surface area contributed by atoms with Crippen molar-refractivity contribution in [1.82, 2.24) is 10.2 Å². The van der Waals surface area contributed by atoms with Crippen molar-refractivity contribution in [3.63, 3.8) is 0 Å². The lowest BCUT2D eigenvalue weighted by atomic mass is 10.2. The number of unbranched alkanes of at least 4 members (excludes halogenated alkanes) is 2. The molecule has 0 atom stereocenters. The molecular weight excluding hydrogens is 260 g/mol. The van der Waals surface area contributed by atoms with Crippen LogP contribution in [0.4, 0.5) is 0 Å². The molecule has 2 rings (SSSR count). The lowest BCUT2D eigenvalue weighted by molar-refractivity contribution is 0.235. The van der Waals surface area contributed by atoms with Gasteiger partial charge in [-0.3, -0.25) is 4.90 Å². The van der Waals surface area contributed by atoms with E-state index in [0.717, 1.165) is 30.7 Å². The molecule has 0 saturated heterocycles. The Labute approximate surface area is 130 Å². The van der Waals surface area contributed by atoms with Gasteiger partial charge in [0.25, 0.3) is 0 Å². The van der Waals surface area contributed by atoms with E-state index in [0.29, 0.717) is 0 Å². The maximum atomic E-state index is 5.98. The zero-order valence-electron chi connectivity index (χ0n) is 14.1. The Hall–Kier alpha value is -0.800. The van der Waals surface area contributed by atoms with Crippen LogP contribution in [-0.4, -0.2) is 24.0 Å². The first-order valence-electron chi connectivity index (χ1n) is 8.76. The zero-order valence-corrected chi connectivity index (χ0v) is 14.1. The molecule has 3 heteroatoms. The fraction of sp³-hybridized carbons (Fsp3) is 0.778. The number of nitrogens with zero attached hydrogens (tertiary/aromatic N) is 1. The van der Waals surface area contributed by atoms with E-state index in [4.69, 9.17) is 4.42 Å². The quantitative estimate of drug-likeness (QED) is 0.661. The number of hydrogen-bond donors (Lipinski definition) is 1. The van der Waals surface area contributed by atoms with Crippen molar-refractivity contribution >= 4 is 0 Å². The topological polar surface area (TPSA) is 28.4 Å². The fourth-order valence-electron chi connectivity index (χ4n) is 2.64. The van der Waals surface area contributed by atoms with Crippen molar-refractivity contribution in [2.75, 3.05) is 13.1 Å². The molecule has 1 aliphatic rings. The van der Waals surface area contributed by atoms with Gasteiger partial charge in [0.15, 0.2) is 0 Å². The second-order valence-electron chi connectivity index (χ2n) is 6.43. The average molecular weight is 292 g/mol. The summed E-state index contributed by atoms with van der Waals surface area (Å²) in [7, 11) is 0. The van der Waals surface area contributed by atoms with Gasteiger partial charge < -0.3 is 9.73 Å². The van der Waals surface area contributed by atoms with Crippen molar-refractivity contribution in [1.29, 1.82) is 0 Å². The molecule has 3 nitrogen and oxygen atoms in total. The Balaban J connectivity index is 1.86. The third-order valence-corrected chi connectivity index (χ3v) is 4.27. The minimum absolute atomic E-state index is 0.758. The van der Waals surface area contributed by atoms with Crippen molar-refractivity contribution in [3.05, 3.63) is 23.2 Å². The van der Waals surface area contributed by atoms with Gasteiger partial charge in [0, 0.05) is 18.2 Å². The predicted octanol–water partition coefficient (Wildman–Crippen LogP) is 4.24. The summed E-state index contributed by atoms with van der Waals surface area (Å²) >= 11 is 0. The van der Waals surface area contributed by atoms with Crippen LogP contribution in [0.15, 0.2) is 10.5 Å². The van der Waals surface area contributed by atoms with Crippen LogP contribution in [0, 0.1) is 6.92 Å². The first kappa shape index (κ1) is 16.6. The normalized spacial score (nSPS) is 15.0. The maximum Gasteiger partial charge on any atom is 0.118 e. The molecule has 1 fully saturated rings. The van der Waals surface area contributed by atoms with E-state index < -0.39 is 0 Å². The molecule has 0 aliphatic heterocycles. The van der Waals surface area contributed by atoms with Crippen molar-refractivity contribution in [2.24, 2.45) is 0 Å². The van der Waals surface area contributed by atoms with Crippen molar-refractivity contribution in [3.8, 4) is 0 Å². The minimum Gasteiger partial charge on any atom is -0.465 e. The van der Waals surface area contributed by atoms with Gasteiger partial charge in [-0.1, -0.05) is 26.7 Å². The molecule has 1 aromatic rings. The molecule has 1 N–H and O–H groups in total. The first-order valence-corrected chi connectivity index (χ1v) is 8.76. The standard InChI is InChI=1S/C18H32N2O/c1-4-6-10-20(11-7-5-2)14-18-12-16(15(3)21-18)13-19-17-8-9-17/h12,17,19H,4-11,13-14H2,1-3H3. The number of hydrogen-bond acceptors (Lipinski definition) is 3. The van der Waals surface area contributed by atoms with E-state index in [-0.39, 0.29) is 0 Å². The van der Waals surface area contributed by atoms with E-state index in [1.807, 2.05) is 0 Å². The molecule has 1 aliphatic carbocycles. The van der Waals surface area contributed by atoms with Gasteiger partial charge in [0.1, 0.15) is 11.5 Å². The lowest BCUT2D eigenvalue weighted by Gasteiger charge is -2.20. The van der Waals surface area contributed by atoms with Crippen molar-refractivity contribution < 1.29 is 4.42 Å². The van der Waals surface area contributed by atoms with Gasteiger partial charge in [-0.2, -0.15) is 0 Å². The first-order chi connectivity index (χ1) is 10.2. The van der Waals surface area contributed by atoms with Gasteiger partial charge in [-0.05, 0) is 51.8 Å². The Morgan fingerprint density at radius 1 is 1.19 bits per heavy atom. The predicted molar refractivity (Wildman–Crippen MR) is 88.4 cm³/mol. The molecule has 1 saturated carbocycles. The molecule has 0 bridgehead atoms. The lowest BCUT2D eigenvalue weighted by Crippen LogP contribution is -2.25. The summed E-state index contributed by atoms with van der Waals surface area (Å²) in [6.45, 7) is 10.9. The van der Waals surface area contributed by atoms with E-state index in [1.165, 1.54) is 57.2 Å². The second-order valence-corrected chi connectivity index (χ2v) is 6.43. The third-order valence-electron chi connectivity index (χ3n) is 4.27. The summed E-state index contributed by atoms with van der Waals surface area (Å²) in [5.74, 6) is 2.22. The number of furan rings is 1. The second kappa shape index (κ2) is 8.60. The van der Waals surface area contributed by atoms with Crippen molar-refractivity contribution in [2.45, 2.75) is 78.4 Å². The van der Waals surface area contributed by atoms with Crippen LogP contribution in [0.2, 0.25) is 0 Å². The molecule has 120 valence electrons. The monoisotopic (exact) mass is 292 g/mol. The van der Waals surface area contributed by atoms with Crippen LogP contribution in [0.5, 0.6) is 0 Å². The SMILES string of the molecule is CCCCN(CCCC)Cc1cc(CNC2CC2)c(C)o1. The van der Waals surface area contributed by atoms with Gasteiger partial charge >= 0.3 is 0 Å². The van der Waals surface area contributed by atoms with Crippen LogP contribution < -0.4 is 5.32 Å². The average Bonchev–Trinajstić information content (AvgIpc) is 3.24. The summed E-state index contributed by atoms with van der Waals surface area (Å²) < 4.78 is 5.98. The van der Waals surface area contributed by atoms with Crippen LogP contribution in [0.1, 0.15) is 69.5 Å². The fourth-order valence-corrected chi connectivity index (χ4v) is 2.64.